The molecule has 0 heterocycles. The molecule has 0 aliphatic rings. The van der Waals surface area contributed by atoms with Gasteiger partial charge in [0.2, 0.25) is 0 Å². The second kappa shape index (κ2) is 7.42. The maximum absolute atomic E-state index is 12.3. The summed E-state index contributed by atoms with van der Waals surface area (Å²) in [5.41, 5.74) is 0. The Morgan fingerprint density at radius 2 is 1.26 bits per heavy atom. The fourth-order valence-electron chi connectivity index (χ4n) is 1.18. The van der Waals surface area contributed by atoms with Crippen LogP contribution in [0.15, 0.2) is 12.0 Å². The molecule has 0 unspecified atom stereocenters. The zero-order chi connectivity index (χ0) is 18.7. The summed E-state index contributed by atoms with van der Waals surface area (Å²) in [6.07, 6.45) is 1.37. The molecule has 0 amide bonds. The van der Waals surface area contributed by atoms with Gasteiger partial charge in [0.05, 0.1) is 6.61 Å². The van der Waals surface area contributed by atoms with E-state index in [-0.39, 0.29) is 22.0 Å². The highest BCUT2D eigenvalue weighted by Gasteiger charge is 2.41. The fourth-order valence-corrected chi connectivity index (χ4v) is 2.97. The molecule has 0 aromatic carbocycles. The number of carbonyl (C=O) groups is 1. The lowest BCUT2D eigenvalue weighted by Gasteiger charge is -2.37. The highest BCUT2D eigenvalue weighted by Crippen LogP contribution is 2.39. The first-order valence-corrected chi connectivity index (χ1v) is 14.1. The van der Waals surface area contributed by atoms with Crippen molar-refractivity contribution in [2.45, 2.75) is 84.7 Å². The molecule has 0 aromatic heterocycles. The highest BCUT2D eigenvalue weighted by atomic mass is 28.4. The maximum Gasteiger partial charge on any atom is 0.324 e. The molecule has 0 spiro atoms. The van der Waals surface area contributed by atoms with Crippen molar-refractivity contribution in [2.75, 3.05) is 6.61 Å². The third-order valence-electron chi connectivity index (χ3n) is 4.85. The molecule has 0 saturated carbocycles. The van der Waals surface area contributed by atoms with Gasteiger partial charge in [0.25, 0.3) is 22.6 Å². The Balaban J connectivity index is 5.25. The fraction of sp³-hybridized carbons (Fsp3) is 0.824. The van der Waals surface area contributed by atoms with E-state index in [4.69, 9.17) is 13.6 Å². The van der Waals surface area contributed by atoms with Crippen molar-refractivity contribution in [2.24, 2.45) is 0 Å². The third kappa shape index (κ3) is 6.71. The first-order valence-electron chi connectivity index (χ1n) is 8.30. The second-order valence-corrected chi connectivity index (χ2v) is 18.4. The van der Waals surface area contributed by atoms with Gasteiger partial charge in [-0.3, -0.25) is 0 Å². The maximum atomic E-state index is 12.3. The smallest absolute Gasteiger partial charge is 0.324 e. The van der Waals surface area contributed by atoms with Crippen LogP contribution in [0.4, 0.5) is 0 Å². The largest absolute Gasteiger partial charge is 0.519 e. The van der Waals surface area contributed by atoms with Crippen molar-refractivity contribution in [3.05, 3.63) is 12.0 Å². The summed E-state index contributed by atoms with van der Waals surface area (Å²) in [6, 6.07) is 0. The summed E-state index contributed by atoms with van der Waals surface area (Å²) in [6.45, 7) is 23.4. The predicted molar refractivity (Wildman–Crippen MR) is 101 cm³/mol. The molecule has 136 valence electrons. The average molecular weight is 361 g/mol. The number of hydrogen-bond acceptors (Lipinski definition) is 4. The second-order valence-electron chi connectivity index (χ2n) is 8.94. The van der Waals surface area contributed by atoms with Crippen LogP contribution in [-0.4, -0.2) is 29.2 Å². The van der Waals surface area contributed by atoms with E-state index >= 15 is 0 Å². The highest BCUT2D eigenvalue weighted by molar-refractivity contribution is 6.75. The van der Waals surface area contributed by atoms with Crippen LogP contribution in [0.5, 0.6) is 0 Å². The zero-order valence-corrected chi connectivity index (χ0v) is 18.9. The van der Waals surface area contributed by atoms with E-state index in [0.29, 0.717) is 6.61 Å². The topological polar surface area (TPSA) is 44.8 Å². The van der Waals surface area contributed by atoms with Crippen LogP contribution in [0.25, 0.3) is 0 Å². The van der Waals surface area contributed by atoms with E-state index in [2.05, 4.69) is 54.6 Å². The van der Waals surface area contributed by atoms with Crippen molar-refractivity contribution in [1.29, 1.82) is 0 Å². The molecule has 0 N–H and O–H groups in total. The molecular weight excluding hydrogens is 324 g/mol. The van der Waals surface area contributed by atoms with Crippen molar-refractivity contribution in [1.82, 2.24) is 0 Å². The minimum absolute atomic E-state index is 0.0252. The summed E-state index contributed by atoms with van der Waals surface area (Å²) in [7, 11) is -4.20. The molecule has 0 rings (SSSR count). The van der Waals surface area contributed by atoms with Gasteiger partial charge < -0.3 is 13.6 Å². The Labute approximate surface area is 144 Å². The Kier molecular flexibility index (Phi) is 7.18. The zero-order valence-electron chi connectivity index (χ0n) is 16.9. The van der Waals surface area contributed by atoms with E-state index in [1.807, 2.05) is 20.0 Å². The van der Waals surface area contributed by atoms with Gasteiger partial charge in [0.15, 0.2) is 0 Å². The van der Waals surface area contributed by atoms with Gasteiger partial charge in [-0.15, -0.1) is 0 Å². The first-order chi connectivity index (χ1) is 10.0. The normalized spacial score (nSPS) is 14.5. The van der Waals surface area contributed by atoms with Crippen LogP contribution < -0.4 is 0 Å². The Hall–Kier alpha value is -0.756. The molecule has 0 aliphatic heterocycles. The molecule has 0 radical (unpaired) electrons. The molecule has 23 heavy (non-hydrogen) atoms. The van der Waals surface area contributed by atoms with Crippen LogP contribution in [0.3, 0.4) is 0 Å². The van der Waals surface area contributed by atoms with Gasteiger partial charge in [0, 0.05) is 0 Å². The van der Waals surface area contributed by atoms with Crippen LogP contribution >= 0.6 is 0 Å². The lowest BCUT2D eigenvalue weighted by atomic mass is 10.2. The van der Waals surface area contributed by atoms with E-state index in [1.165, 1.54) is 6.08 Å². The van der Waals surface area contributed by atoms with Gasteiger partial charge in [-0.1, -0.05) is 41.5 Å². The molecular formula is C17H36O4Si2. The van der Waals surface area contributed by atoms with Crippen molar-refractivity contribution < 1.29 is 18.4 Å². The lowest BCUT2D eigenvalue weighted by molar-refractivity contribution is -0.130. The van der Waals surface area contributed by atoms with Crippen molar-refractivity contribution >= 4 is 22.6 Å². The van der Waals surface area contributed by atoms with Crippen LogP contribution in [0.1, 0.15) is 48.5 Å². The quantitative estimate of drug-likeness (QED) is 0.360. The predicted octanol–water partition coefficient (Wildman–Crippen LogP) is 5.43. The molecule has 0 fully saturated rings. The summed E-state index contributed by atoms with van der Waals surface area (Å²) in [5, 5.41) is 0.00902. The summed E-state index contributed by atoms with van der Waals surface area (Å²) in [5.74, 6) is -0.0958. The monoisotopic (exact) mass is 360 g/mol. The van der Waals surface area contributed by atoms with Gasteiger partial charge in [0.1, 0.15) is 6.08 Å². The number of hydrogen-bond donors (Lipinski definition) is 0. The molecule has 0 atom stereocenters. The summed E-state index contributed by atoms with van der Waals surface area (Å²) < 4.78 is 17.4. The number of rotatable bonds is 6. The molecule has 0 bridgehead atoms. The standard InChI is InChI=1S/C17H36O4Si2/c1-12-19-15(21-23(10,11)17(5,6)7)13-14(18)20-22(8,9)16(2,3)4/h13H,12H2,1-11H3/b15-13-. The minimum atomic E-state index is -2.15. The van der Waals surface area contributed by atoms with E-state index in [9.17, 15) is 4.79 Å². The molecule has 0 aromatic rings. The van der Waals surface area contributed by atoms with E-state index in [0.717, 1.165) is 0 Å². The van der Waals surface area contributed by atoms with E-state index < -0.39 is 16.6 Å². The third-order valence-corrected chi connectivity index (χ3v) is 13.5. The molecule has 6 heteroatoms. The molecule has 4 nitrogen and oxygen atoms in total. The SMILES string of the molecule is CCO/C(=C/C(=O)O[Si](C)(C)C(C)(C)C)O[Si](C)(C)C(C)(C)C. The van der Waals surface area contributed by atoms with Crippen LogP contribution in [0.2, 0.25) is 36.3 Å². The van der Waals surface area contributed by atoms with Gasteiger partial charge in [-0.25, -0.2) is 4.79 Å². The number of ether oxygens (including phenoxy) is 1. The minimum Gasteiger partial charge on any atom is -0.519 e. The average Bonchev–Trinajstić information content (AvgIpc) is 2.23. The van der Waals surface area contributed by atoms with Crippen LogP contribution in [0, 0.1) is 0 Å². The summed E-state index contributed by atoms with van der Waals surface area (Å²) >= 11 is 0. The van der Waals surface area contributed by atoms with E-state index in [1.54, 1.807) is 0 Å². The molecule has 0 saturated heterocycles. The number of carbonyl (C=O) groups excluding carboxylic acids is 1. The summed E-state index contributed by atoms with van der Waals surface area (Å²) in [4.78, 5) is 12.3. The Bertz CT molecular complexity index is 440. The van der Waals surface area contributed by atoms with Gasteiger partial charge in [-0.2, -0.15) is 0 Å². The van der Waals surface area contributed by atoms with Crippen LogP contribution in [-0.2, 0) is 18.4 Å². The lowest BCUT2D eigenvalue weighted by Crippen LogP contribution is -2.43. The Morgan fingerprint density at radius 3 is 1.61 bits per heavy atom. The molecule has 0 aliphatic carbocycles. The Morgan fingerprint density at radius 1 is 0.870 bits per heavy atom. The van der Waals surface area contributed by atoms with Crippen molar-refractivity contribution in [3.63, 3.8) is 0 Å². The van der Waals surface area contributed by atoms with Gasteiger partial charge in [-0.05, 0) is 43.2 Å². The first kappa shape index (κ1) is 22.2. The van der Waals surface area contributed by atoms with Crippen molar-refractivity contribution in [3.8, 4) is 0 Å². The van der Waals surface area contributed by atoms with Gasteiger partial charge >= 0.3 is 5.97 Å².